The maximum absolute atomic E-state index is 13.4. The number of hydrogen-bond acceptors (Lipinski definition) is 7. The lowest BCUT2D eigenvalue weighted by Gasteiger charge is -2.34. The van der Waals surface area contributed by atoms with Crippen LogP contribution in [0.3, 0.4) is 0 Å². The molecule has 2 N–H and O–H groups in total. The first-order valence-corrected chi connectivity index (χ1v) is 14.6. The zero-order valence-corrected chi connectivity index (χ0v) is 24.2. The Morgan fingerprint density at radius 3 is 2.46 bits per heavy atom. The molecule has 1 aliphatic heterocycles. The molecule has 0 radical (unpaired) electrons. The van der Waals surface area contributed by atoms with Crippen molar-refractivity contribution in [3.63, 3.8) is 0 Å². The van der Waals surface area contributed by atoms with Gasteiger partial charge in [-0.3, -0.25) is 4.79 Å². The number of phenols is 1. The minimum atomic E-state index is -4.16. The van der Waals surface area contributed by atoms with Crippen LogP contribution in [0, 0.1) is 18.8 Å². The van der Waals surface area contributed by atoms with Gasteiger partial charge in [0.25, 0.3) is 15.9 Å². The molecule has 1 aromatic heterocycles. The van der Waals surface area contributed by atoms with Gasteiger partial charge in [0.2, 0.25) is 0 Å². The van der Waals surface area contributed by atoms with Crippen LogP contribution in [0.2, 0.25) is 0 Å². The number of carbonyl (C=O) groups is 1. The summed E-state index contributed by atoms with van der Waals surface area (Å²) in [5.41, 5.74) is 2.42. The Morgan fingerprint density at radius 2 is 1.85 bits per heavy atom. The Hall–Kier alpha value is -3.59. The smallest absolute Gasteiger partial charge is 0.268 e. The number of hydrogen-bond donors (Lipinski definition) is 2. The van der Waals surface area contributed by atoms with Crippen LogP contribution >= 0.6 is 0 Å². The third kappa shape index (κ3) is 6.53. The summed E-state index contributed by atoms with van der Waals surface area (Å²) in [4.78, 5) is 20.4. The number of pyridine rings is 1. The number of benzene rings is 2. The summed E-state index contributed by atoms with van der Waals surface area (Å²) in [5.74, 6) is 1.11. The first kappa shape index (κ1) is 28.4. The number of aromatic nitrogens is 1. The number of carbonyl (C=O) groups excluding carboxylic acids is 1. The highest BCUT2D eigenvalue weighted by Gasteiger charge is 2.39. The lowest BCUT2D eigenvalue weighted by atomic mass is 9.97. The Morgan fingerprint density at radius 1 is 1.15 bits per heavy atom. The number of nitrogens with zero attached hydrogens (tertiary/aromatic N) is 2. The molecule has 0 spiro atoms. The Balaban J connectivity index is 1.76. The van der Waals surface area contributed by atoms with Crippen molar-refractivity contribution < 1.29 is 23.1 Å². The number of anilines is 1. The topological polar surface area (TPSA) is 109 Å². The first-order valence-electron chi connectivity index (χ1n) is 13.1. The van der Waals surface area contributed by atoms with E-state index in [2.05, 4.69) is 44.2 Å². The number of rotatable bonds is 8. The molecule has 2 heterocycles. The number of phenolic OH excluding ortho intramolecular Hbond substituents is 1. The third-order valence-electron chi connectivity index (χ3n) is 6.75. The minimum absolute atomic E-state index is 0.0679. The summed E-state index contributed by atoms with van der Waals surface area (Å²) >= 11 is 0. The predicted octanol–water partition coefficient (Wildman–Crippen LogP) is 5.54. The molecule has 1 saturated heterocycles. The number of ether oxygens (including phenoxy) is 1. The van der Waals surface area contributed by atoms with Crippen LogP contribution in [0.25, 0.3) is 11.3 Å². The molecule has 39 heavy (non-hydrogen) atoms. The quantitative estimate of drug-likeness (QED) is 0.378. The van der Waals surface area contributed by atoms with Crippen LogP contribution in [0.15, 0.2) is 59.5 Å². The zero-order valence-electron chi connectivity index (χ0n) is 23.4. The van der Waals surface area contributed by atoms with Gasteiger partial charge in [-0.05, 0) is 99.2 Å². The van der Waals surface area contributed by atoms with Gasteiger partial charge in [-0.2, -0.15) is 0 Å². The Bertz CT molecular complexity index is 1470. The molecule has 8 nitrogen and oxygen atoms in total. The summed E-state index contributed by atoms with van der Waals surface area (Å²) in [7, 11) is -4.16. The third-order valence-corrected chi connectivity index (χ3v) is 8.10. The standard InChI is InChI=1S/C30H37N3O5S/c1-19(2)18-38-24-14-20(3)13-22(15-24)27-12-11-26(28(31-27)33-17-21(4)16-30(33,5)6)29(35)32-39(36,37)25-9-7-23(34)8-10-25/h7-15,19,21,34H,16-18H2,1-6H3,(H,32,35)/t21-/m0/s1. The average molecular weight is 552 g/mol. The lowest BCUT2D eigenvalue weighted by molar-refractivity contribution is 0.0981. The molecule has 0 saturated carbocycles. The maximum atomic E-state index is 13.4. The van der Waals surface area contributed by atoms with E-state index in [-0.39, 0.29) is 21.7 Å². The van der Waals surface area contributed by atoms with E-state index >= 15 is 0 Å². The molecule has 4 rings (SSSR count). The van der Waals surface area contributed by atoms with E-state index in [0.717, 1.165) is 23.3 Å². The van der Waals surface area contributed by atoms with Crippen LogP contribution in [0.4, 0.5) is 5.82 Å². The molecular formula is C30H37N3O5S. The van der Waals surface area contributed by atoms with Crippen LogP contribution in [-0.2, 0) is 10.0 Å². The highest BCUT2D eigenvalue weighted by molar-refractivity contribution is 7.90. The zero-order chi connectivity index (χ0) is 28.5. The van der Waals surface area contributed by atoms with Crippen molar-refractivity contribution in [3.8, 4) is 22.8 Å². The molecule has 3 aromatic rings. The second-order valence-corrected chi connectivity index (χ2v) is 13.2. The number of aryl methyl sites for hydroxylation is 1. The van der Waals surface area contributed by atoms with Crippen molar-refractivity contribution >= 4 is 21.7 Å². The number of amides is 1. The predicted molar refractivity (Wildman–Crippen MR) is 153 cm³/mol. The molecule has 0 bridgehead atoms. The highest BCUT2D eigenvalue weighted by Crippen LogP contribution is 2.38. The molecule has 0 aliphatic carbocycles. The van der Waals surface area contributed by atoms with Gasteiger partial charge >= 0.3 is 0 Å². The van der Waals surface area contributed by atoms with Crippen molar-refractivity contribution in [1.29, 1.82) is 0 Å². The van der Waals surface area contributed by atoms with Crippen molar-refractivity contribution in [2.75, 3.05) is 18.1 Å². The molecule has 2 aromatic carbocycles. The van der Waals surface area contributed by atoms with Gasteiger partial charge in [0.15, 0.2) is 0 Å². The maximum Gasteiger partial charge on any atom is 0.268 e. The second kappa shape index (κ2) is 10.9. The summed E-state index contributed by atoms with van der Waals surface area (Å²) in [6, 6.07) is 14.3. The summed E-state index contributed by atoms with van der Waals surface area (Å²) in [6.07, 6.45) is 0.906. The lowest BCUT2D eigenvalue weighted by Crippen LogP contribution is -2.41. The van der Waals surface area contributed by atoms with Gasteiger partial charge in [0.05, 0.1) is 22.8 Å². The molecular weight excluding hydrogens is 514 g/mol. The molecule has 1 aliphatic rings. The van der Waals surface area contributed by atoms with E-state index in [1.165, 1.54) is 24.3 Å². The van der Waals surface area contributed by atoms with E-state index in [1.54, 1.807) is 12.1 Å². The van der Waals surface area contributed by atoms with Crippen molar-refractivity contribution in [3.05, 3.63) is 65.7 Å². The van der Waals surface area contributed by atoms with Gasteiger partial charge in [0.1, 0.15) is 17.3 Å². The van der Waals surface area contributed by atoms with E-state index in [4.69, 9.17) is 9.72 Å². The van der Waals surface area contributed by atoms with Gasteiger partial charge in [-0.1, -0.05) is 20.8 Å². The fourth-order valence-corrected chi connectivity index (χ4v) is 6.02. The fourth-order valence-electron chi connectivity index (χ4n) is 5.05. The van der Waals surface area contributed by atoms with E-state index in [9.17, 15) is 18.3 Å². The second-order valence-electron chi connectivity index (χ2n) is 11.5. The van der Waals surface area contributed by atoms with Crippen LogP contribution < -0.4 is 14.4 Å². The van der Waals surface area contributed by atoms with Gasteiger partial charge < -0.3 is 14.7 Å². The Labute approximate surface area is 231 Å². The van der Waals surface area contributed by atoms with E-state index in [1.807, 2.05) is 25.1 Å². The van der Waals surface area contributed by atoms with E-state index in [0.29, 0.717) is 36.5 Å². The largest absolute Gasteiger partial charge is 0.508 e. The monoisotopic (exact) mass is 551 g/mol. The molecule has 0 unspecified atom stereocenters. The van der Waals surface area contributed by atoms with E-state index < -0.39 is 15.9 Å². The number of aromatic hydroxyl groups is 1. The van der Waals surface area contributed by atoms with Crippen LogP contribution in [0.1, 0.15) is 57.0 Å². The summed E-state index contributed by atoms with van der Waals surface area (Å²) in [6.45, 7) is 13.8. The molecule has 1 fully saturated rings. The summed E-state index contributed by atoms with van der Waals surface area (Å²) in [5, 5.41) is 9.51. The van der Waals surface area contributed by atoms with Gasteiger partial charge in [0, 0.05) is 17.6 Å². The number of nitrogens with one attached hydrogen (secondary N) is 1. The molecule has 9 heteroatoms. The van der Waals surface area contributed by atoms with Crippen molar-refractivity contribution in [1.82, 2.24) is 9.71 Å². The SMILES string of the molecule is Cc1cc(OCC(C)C)cc(-c2ccc(C(=O)NS(=O)(=O)c3ccc(O)cc3)c(N3C[C@@H](C)CC3(C)C)n2)c1. The molecule has 208 valence electrons. The van der Waals surface area contributed by atoms with Gasteiger partial charge in [-0.15, -0.1) is 0 Å². The van der Waals surface area contributed by atoms with Gasteiger partial charge in [-0.25, -0.2) is 18.1 Å². The molecule has 1 amide bonds. The average Bonchev–Trinajstić information content (AvgIpc) is 3.13. The minimum Gasteiger partial charge on any atom is -0.508 e. The Kier molecular flexibility index (Phi) is 7.93. The number of sulfonamides is 1. The van der Waals surface area contributed by atoms with Crippen LogP contribution in [0.5, 0.6) is 11.5 Å². The summed E-state index contributed by atoms with van der Waals surface area (Å²) < 4.78 is 34.1. The first-order chi connectivity index (χ1) is 18.2. The van der Waals surface area contributed by atoms with Crippen molar-refractivity contribution in [2.24, 2.45) is 11.8 Å². The van der Waals surface area contributed by atoms with Crippen molar-refractivity contribution in [2.45, 2.75) is 58.4 Å². The fraction of sp³-hybridized carbons (Fsp3) is 0.400. The normalized spacial score (nSPS) is 16.9. The molecule has 1 atom stereocenters. The highest BCUT2D eigenvalue weighted by atomic mass is 32.2. The van der Waals surface area contributed by atoms with Crippen LogP contribution in [-0.4, -0.2) is 43.1 Å².